The molecule has 0 amide bonds. The van der Waals surface area contributed by atoms with E-state index in [1.165, 1.54) is 11.8 Å². The van der Waals surface area contributed by atoms with Gasteiger partial charge in [-0.15, -0.1) is 0 Å². The van der Waals surface area contributed by atoms with Gasteiger partial charge >= 0.3 is 0 Å². The summed E-state index contributed by atoms with van der Waals surface area (Å²) in [6, 6.07) is 6.38. The number of amidine groups is 1. The number of hydrogen-bond donors (Lipinski definition) is 2. The van der Waals surface area contributed by atoms with Crippen molar-refractivity contribution in [3.05, 3.63) is 36.8 Å². The van der Waals surface area contributed by atoms with Gasteiger partial charge in [-0.25, -0.2) is 4.98 Å². The second-order valence-electron chi connectivity index (χ2n) is 8.57. The van der Waals surface area contributed by atoms with Gasteiger partial charge in [-0.2, -0.15) is 5.10 Å². The van der Waals surface area contributed by atoms with E-state index < -0.39 is 8.07 Å². The number of pyridine rings is 2. The number of hydrogen-bond acceptors (Lipinski definition) is 7. The monoisotopic (exact) mass is 439 g/mol. The average Bonchev–Trinajstić information content (AvgIpc) is 3.12. The molecule has 0 aromatic carbocycles. The first-order chi connectivity index (χ1) is 14.6. The molecule has 164 valence electrons. The van der Waals surface area contributed by atoms with Crippen LogP contribution in [0.25, 0.3) is 22.2 Å². The minimum atomic E-state index is -1.23. The van der Waals surface area contributed by atoms with E-state index in [0.29, 0.717) is 17.9 Å². The van der Waals surface area contributed by atoms with Crippen molar-refractivity contribution in [1.29, 1.82) is 10.8 Å². The quantitative estimate of drug-likeness (QED) is 0.188. The third-order valence-electron chi connectivity index (χ3n) is 4.55. The summed E-state index contributed by atoms with van der Waals surface area (Å²) >= 11 is 0. The van der Waals surface area contributed by atoms with Crippen molar-refractivity contribution < 1.29 is 9.47 Å². The standard InChI is InChI=1S/C21H29N7O2Si/c1-15(22)30-21(23)28(14-29-8-9-31(3,4)5)20-7-6-18-19(26-20)10-16(11-24-18)17-12-25-27(2)13-17/h6-7,10-13,22-23H,8-9,14H2,1-5H3. The number of rotatable bonds is 7. The van der Waals surface area contributed by atoms with E-state index in [2.05, 4.69) is 29.7 Å². The first kappa shape index (κ1) is 22.6. The van der Waals surface area contributed by atoms with E-state index in [4.69, 9.17) is 25.3 Å². The maximum absolute atomic E-state index is 8.28. The predicted molar refractivity (Wildman–Crippen MR) is 125 cm³/mol. The van der Waals surface area contributed by atoms with Gasteiger partial charge in [-0.3, -0.25) is 25.4 Å². The molecule has 0 saturated heterocycles. The Labute approximate surface area is 183 Å². The van der Waals surface area contributed by atoms with Gasteiger partial charge in [0.15, 0.2) is 5.90 Å². The zero-order valence-corrected chi connectivity index (χ0v) is 19.6. The van der Waals surface area contributed by atoms with Crippen LogP contribution in [0.2, 0.25) is 25.7 Å². The van der Waals surface area contributed by atoms with Crippen LogP contribution in [0.3, 0.4) is 0 Å². The Morgan fingerprint density at radius 2 is 1.90 bits per heavy atom. The van der Waals surface area contributed by atoms with Gasteiger partial charge in [0, 0.05) is 52.2 Å². The molecule has 0 aliphatic carbocycles. The molecule has 0 fully saturated rings. The molecular weight excluding hydrogens is 410 g/mol. The number of ether oxygens (including phenoxy) is 2. The average molecular weight is 440 g/mol. The zero-order chi connectivity index (χ0) is 22.6. The molecule has 3 rings (SSSR count). The van der Waals surface area contributed by atoms with Crippen molar-refractivity contribution in [3.8, 4) is 11.1 Å². The number of aromatic nitrogens is 4. The van der Waals surface area contributed by atoms with Crippen LogP contribution in [0.5, 0.6) is 0 Å². The maximum atomic E-state index is 8.28. The SMILES string of the molecule is CC(=N)OC(=N)N(COCC[Si](C)(C)C)c1ccc2ncc(-c3cnn(C)c3)cc2n1. The summed E-state index contributed by atoms with van der Waals surface area (Å²) in [5.74, 6) is 0.426. The Kier molecular flexibility index (Phi) is 6.81. The highest BCUT2D eigenvalue weighted by Gasteiger charge is 2.19. The van der Waals surface area contributed by atoms with Gasteiger partial charge in [0.05, 0.1) is 17.2 Å². The molecule has 9 nitrogen and oxygen atoms in total. The van der Waals surface area contributed by atoms with Crippen molar-refractivity contribution in [2.24, 2.45) is 7.05 Å². The molecular formula is C21H29N7O2Si. The first-order valence-electron chi connectivity index (χ1n) is 10.0. The Bertz CT molecular complexity index is 1090. The Morgan fingerprint density at radius 3 is 2.55 bits per heavy atom. The van der Waals surface area contributed by atoms with Gasteiger partial charge in [-0.05, 0) is 24.2 Å². The second kappa shape index (κ2) is 9.35. The summed E-state index contributed by atoms with van der Waals surface area (Å²) in [4.78, 5) is 10.7. The molecule has 0 unspecified atom stereocenters. The largest absolute Gasteiger partial charge is 0.412 e. The topological polar surface area (TPSA) is 113 Å². The van der Waals surface area contributed by atoms with Crippen LogP contribution in [-0.2, 0) is 16.5 Å². The highest BCUT2D eigenvalue weighted by molar-refractivity contribution is 6.76. The highest BCUT2D eigenvalue weighted by atomic mass is 28.3. The fourth-order valence-electron chi connectivity index (χ4n) is 2.84. The number of fused-ring (bicyclic) bond motifs is 1. The fourth-order valence-corrected chi connectivity index (χ4v) is 3.59. The molecule has 2 N–H and O–H groups in total. The van der Waals surface area contributed by atoms with Gasteiger partial charge in [0.25, 0.3) is 6.02 Å². The minimum absolute atomic E-state index is 0.0709. The van der Waals surface area contributed by atoms with Crippen LogP contribution in [-0.4, -0.2) is 53.1 Å². The van der Waals surface area contributed by atoms with Crippen LogP contribution in [0.1, 0.15) is 6.92 Å². The van der Waals surface area contributed by atoms with E-state index in [0.717, 1.165) is 22.7 Å². The number of aryl methyl sites for hydroxylation is 1. The Hall–Kier alpha value is -3.11. The Balaban J connectivity index is 1.88. The highest BCUT2D eigenvalue weighted by Crippen LogP contribution is 2.23. The van der Waals surface area contributed by atoms with Crippen molar-refractivity contribution in [3.63, 3.8) is 0 Å². The smallest absolute Gasteiger partial charge is 0.298 e. The third kappa shape index (κ3) is 6.19. The molecule has 10 heteroatoms. The fraction of sp³-hybridized carbons (Fsp3) is 0.381. The van der Waals surface area contributed by atoms with Gasteiger partial charge < -0.3 is 9.47 Å². The van der Waals surface area contributed by atoms with Crippen LogP contribution < -0.4 is 4.90 Å². The van der Waals surface area contributed by atoms with Gasteiger partial charge in [0.2, 0.25) is 0 Å². The van der Waals surface area contributed by atoms with E-state index in [1.807, 2.05) is 25.4 Å². The molecule has 0 atom stereocenters. The lowest BCUT2D eigenvalue weighted by Gasteiger charge is -2.24. The second-order valence-corrected chi connectivity index (χ2v) is 14.2. The number of nitrogens with one attached hydrogen (secondary N) is 2. The molecule has 31 heavy (non-hydrogen) atoms. The molecule has 0 saturated carbocycles. The summed E-state index contributed by atoms with van der Waals surface area (Å²) in [7, 11) is 0.638. The van der Waals surface area contributed by atoms with Crippen LogP contribution in [0.15, 0.2) is 36.8 Å². The summed E-state index contributed by atoms with van der Waals surface area (Å²) in [5, 5.41) is 20.1. The first-order valence-corrected chi connectivity index (χ1v) is 13.8. The van der Waals surface area contributed by atoms with Crippen molar-refractivity contribution in [1.82, 2.24) is 19.7 Å². The van der Waals surface area contributed by atoms with Gasteiger partial charge in [0.1, 0.15) is 12.5 Å². The summed E-state index contributed by atoms with van der Waals surface area (Å²) in [6.07, 6.45) is 5.49. The van der Waals surface area contributed by atoms with Crippen molar-refractivity contribution in [2.75, 3.05) is 18.2 Å². The number of nitrogens with zero attached hydrogens (tertiary/aromatic N) is 5. The molecule has 0 bridgehead atoms. The van der Waals surface area contributed by atoms with E-state index in [9.17, 15) is 0 Å². The molecule has 3 heterocycles. The third-order valence-corrected chi connectivity index (χ3v) is 6.25. The minimum Gasteiger partial charge on any atom is -0.412 e. The summed E-state index contributed by atoms with van der Waals surface area (Å²) < 4.78 is 12.8. The Morgan fingerprint density at radius 1 is 1.13 bits per heavy atom. The summed E-state index contributed by atoms with van der Waals surface area (Å²) in [5.41, 5.74) is 3.29. The van der Waals surface area contributed by atoms with Crippen molar-refractivity contribution >= 4 is 36.8 Å². The molecule has 0 radical (unpaired) electrons. The summed E-state index contributed by atoms with van der Waals surface area (Å²) in [6.45, 7) is 9.06. The maximum Gasteiger partial charge on any atom is 0.298 e. The van der Waals surface area contributed by atoms with E-state index in [-0.39, 0.29) is 18.7 Å². The van der Waals surface area contributed by atoms with Crippen molar-refractivity contribution in [2.45, 2.75) is 32.6 Å². The lowest BCUT2D eigenvalue weighted by atomic mass is 10.1. The van der Waals surface area contributed by atoms with E-state index >= 15 is 0 Å². The van der Waals surface area contributed by atoms with E-state index in [1.54, 1.807) is 23.1 Å². The van der Waals surface area contributed by atoms with Gasteiger partial charge in [-0.1, -0.05) is 19.6 Å². The molecule has 3 aromatic rings. The lowest BCUT2D eigenvalue weighted by molar-refractivity contribution is 0.152. The van der Waals surface area contributed by atoms with Crippen LogP contribution in [0, 0.1) is 10.8 Å². The zero-order valence-electron chi connectivity index (χ0n) is 18.6. The lowest BCUT2D eigenvalue weighted by Crippen LogP contribution is -2.36. The molecule has 3 aromatic heterocycles. The number of anilines is 1. The molecule has 0 aliphatic heterocycles. The molecule has 0 spiro atoms. The van der Waals surface area contributed by atoms with Crippen LogP contribution >= 0.6 is 0 Å². The predicted octanol–water partition coefficient (Wildman–Crippen LogP) is 4.10. The molecule has 0 aliphatic rings. The normalized spacial score (nSPS) is 11.5. The van der Waals surface area contributed by atoms with Crippen LogP contribution in [0.4, 0.5) is 5.82 Å².